The maximum Gasteiger partial charge on any atom is 0.0882 e. The predicted molar refractivity (Wildman–Crippen MR) is 38.8 cm³/mol. The highest BCUT2D eigenvalue weighted by atomic mass is 16.3. The zero-order valence-electron chi connectivity index (χ0n) is 6.26. The molecular weight excluding hydrogens is 112 g/mol. The number of rotatable bonds is 4. The molecule has 0 aliphatic carbocycles. The van der Waals surface area contributed by atoms with E-state index in [4.69, 9.17) is 0 Å². The molecule has 0 fully saturated rings. The molecule has 0 amide bonds. The van der Waals surface area contributed by atoms with Gasteiger partial charge in [0.1, 0.15) is 0 Å². The molecule has 0 spiro atoms. The first-order chi connectivity index (χ1) is 4.31. The topological polar surface area (TPSA) is 19.9 Å². The molecule has 0 aromatic heterocycles. The van der Waals surface area contributed by atoms with Gasteiger partial charge >= 0.3 is 0 Å². The second-order valence-electron chi connectivity index (χ2n) is 2.36. The van der Waals surface area contributed by atoms with Crippen molar-refractivity contribution in [1.29, 1.82) is 0 Å². The molecular formula is C8H15O. The Morgan fingerprint density at radius 2 is 2.22 bits per heavy atom. The minimum atomic E-state index is 0.0141. The monoisotopic (exact) mass is 127 g/mol. The summed E-state index contributed by atoms with van der Waals surface area (Å²) in [5.41, 5.74) is 0. The van der Waals surface area contributed by atoms with Gasteiger partial charge in [-0.1, -0.05) is 32.4 Å². The van der Waals surface area contributed by atoms with Gasteiger partial charge in [-0.2, -0.15) is 0 Å². The Labute approximate surface area is 57.4 Å². The summed E-state index contributed by atoms with van der Waals surface area (Å²) in [5.74, 6) is 0.219. The molecule has 0 aromatic rings. The average Bonchev–Trinajstić information content (AvgIpc) is 1.89. The fourth-order valence-corrected chi connectivity index (χ4v) is 0.551. The zero-order valence-corrected chi connectivity index (χ0v) is 6.26. The van der Waals surface area contributed by atoms with Crippen molar-refractivity contribution in [2.75, 3.05) is 6.61 Å². The van der Waals surface area contributed by atoms with Crippen LogP contribution in [-0.2, 0) is 5.11 Å². The highest BCUT2D eigenvalue weighted by Gasteiger charge is 1.90. The second-order valence-corrected chi connectivity index (χ2v) is 2.36. The molecule has 0 saturated heterocycles. The molecule has 1 radical (unpaired) electrons. The lowest BCUT2D eigenvalue weighted by atomic mass is 10.1. The van der Waals surface area contributed by atoms with Crippen molar-refractivity contribution in [2.45, 2.75) is 26.7 Å². The molecule has 0 N–H and O–H groups in total. The molecule has 0 aliphatic rings. The lowest BCUT2D eigenvalue weighted by Gasteiger charge is -1.95. The van der Waals surface area contributed by atoms with E-state index in [9.17, 15) is 5.11 Å². The molecule has 53 valence electrons. The maximum atomic E-state index is 10.2. The predicted octanol–water partition coefficient (Wildman–Crippen LogP) is 2.41. The third-order valence-corrected chi connectivity index (χ3v) is 1.18. The summed E-state index contributed by atoms with van der Waals surface area (Å²) in [5, 5.41) is 10.2. The number of allylic oxidation sites excluding steroid dienone is 1. The van der Waals surface area contributed by atoms with Crippen molar-refractivity contribution in [1.82, 2.24) is 0 Å². The van der Waals surface area contributed by atoms with Crippen molar-refractivity contribution < 1.29 is 5.11 Å². The quantitative estimate of drug-likeness (QED) is 0.517. The van der Waals surface area contributed by atoms with Crippen molar-refractivity contribution in [3.63, 3.8) is 0 Å². The van der Waals surface area contributed by atoms with E-state index >= 15 is 0 Å². The van der Waals surface area contributed by atoms with Crippen LogP contribution in [0.25, 0.3) is 0 Å². The Kier molecular flexibility index (Phi) is 5.64. The van der Waals surface area contributed by atoms with E-state index in [0.717, 1.165) is 6.42 Å². The van der Waals surface area contributed by atoms with Crippen molar-refractivity contribution >= 4 is 0 Å². The highest BCUT2D eigenvalue weighted by molar-refractivity contribution is 4.85. The van der Waals surface area contributed by atoms with Gasteiger partial charge in [0.25, 0.3) is 0 Å². The first kappa shape index (κ1) is 8.70. The Balaban J connectivity index is 3.20. The molecule has 1 nitrogen and oxygen atoms in total. The highest BCUT2D eigenvalue weighted by Crippen LogP contribution is 1.97. The van der Waals surface area contributed by atoms with Gasteiger partial charge in [0.05, 0.1) is 6.61 Å². The van der Waals surface area contributed by atoms with E-state index in [-0.39, 0.29) is 12.5 Å². The van der Waals surface area contributed by atoms with Crippen LogP contribution in [0.15, 0.2) is 12.2 Å². The van der Waals surface area contributed by atoms with Crippen LogP contribution in [0.3, 0.4) is 0 Å². The lowest BCUT2D eigenvalue weighted by Crippen LogP contribution is -1.92. The maximum absolute atomic E-state index is 10.2. The summed E-state index contributed by atoms with van der Waals surface area (Å²) in [6.07, 6.45) is 6.35. The van der Waals surface area contributed by atoms with Crippen LogP contribution in [0.1, 0.15) is 26.7 Å². The van der Waals surface area contributed by atoms with Crippen LogP contribution in [-0.4, -0.2) is 6.61 Å². The molecule has 1 unspecified atom stereocenters. The third kappa shape index (κ3) is 5.57. The van der Waals surface area contributed by atoms with Crippen molar-refractivity contribution in [2.24, 2.45) is 5.92 Å². The molecule has 9 heavy (non-hydrogen) atoms. The SMILES string of the molecule is CCC/C=C/C(C)C[O]. The van der Waals surface area contributed by atoms with Crippen LogP contribution in [0.2, 0.25) is 0 Å². The number of unbranched alkanes of at least 4 members (excludes halogenated alkanes) is 1. The van der Waals surface area contributed by atoms with Crippen LogP contribution in [0.4, 0.5) is 0 Å². The van der Waals surface area contributed by atoms with E-state index in [0.29, 0.717) is 0 Å². The van der Waals surface area contributed by atoms with Crippen LogP contribution in [0, 0.1) is 5.92 Å². The first-order valence-electron chi connectivity index (χ1n) is 3.56. The summed E-state index contributed by atoms with van der Waals surface area (Å²) in [7, 11) is 0. The molecule has 1 atom stereocenters. The van der Waals surface area contributed by atoms with Gasteiger partial charge in [0.2, 0.25) is 0 Å². The zero-order chi connectivity index (χ0) is 7.11. The summed E-state index contributed by atoms with van der Waals surface area (Å²) < 4.78 is 0. The van der Waals surface area contributed by atoms with E-state index in [1.54, 1.807) is 0 Å². The Bertz CT molecular complexity index is 76.6. The lowest BCUT2D eigenvalue weighted by molar-refractivity contribution is 0.168. The fraction of sp³-hybridized carbons (Fsp3) is 0.750. The minimum Gasteiger partial charge on any atom is -0.236 e. The van der Waals surface area contributed by atoms with Crippen molar-refractivity contribution in [3.8, 4) is 0 Å². The molecule has 0 bridgehead atoms. The number of hydrogen-bond acceptors (Lipinski definition) is 0. The van der Waals surface area contributed by atoms with E-state index in [1.165, 1.54) is 6.42 Å². The summed E-state index contributed by atoms with van der Waals surface area (Å²) in [6, 6.07) is 0. The Morgan fingerprint density at radius 3 is 2.67 bits per heavy atom. The first-order valence-corrected chi connectivity index (χ1v) is 3.56. The van der Waals surface area contributed by atoms with Gasteiger partial charge in [-0.15, -0.1) is 0 Å². The molecule has 0 aromatic carbocycles. The third-order valence-electron chi connectivity index (χ3n) is 1.18. The van der Waals surface area contributed by atoms with Gasteiger partial charge in [0, 0.05) is 5.92 Å². The van der Waals surface area contributed by atoms with Gasteiger partial charge in [0.15, 0.2) is 0 Å². The Morgan fingerprint density at radius 1 is 1.56 bits per heavy atom. The van der Waals surface area contributed by atoms with E-state index in [2.05, 4.69) is 13.0 Å². The molecule has 0 heterocycles. The summed E-state index contributed by atoms with van der Waals surface area (Å²) in [6.45, 7) is 4.09. The number of hydrogen-bond donors (Lipinski definition) is 0. The Hall–Kier alpha value is -0.300. The van der Waals surface area contributed by atoms with Gasteiger partial charge in [-0.05, 0) is 6.42 Å². The smallest absolute Gasteiger partial charge is 0.0882 e. The van der Waals surface area contributed by atoms with E-state index < -0.39 is 0 Å². The molecule has 0 rings (SSSR count). The van der Waals surface area contributed by atoms with Crippen LogP contribution >= 0.6 is 0 Å². The normalized spacial score (nSPS) is 14.6. The van der Waals surface area contributed by atoms with Gasteiger partial charge < -0.3 is 0 Å². The average molecular weight is 127 g/mol. The standard InChI is InChI=1S/C8H15O/c1-3-4-5-6-8(2)7-9/h5-6,8H,3-4,7H2,1-2H3/b6-5+. The van der Waals surface area contributed by atoms with Crippen LogP contribution in [0.5, 0.6) is 0 Å². The summed E-state index contributed by atoms with van der Waals surface area (Å²) in [4.78, 5) is 0. The summed E-state index contributed by atoms with van der Waals surface area (Å²) >= 11 is 0. The van der Waals surface area contributed by atoms with Crippen molar-refractivity contribution in [3.05, 3.63) is 12.2 Å². The molecule has 0 saturated carbocycles. The van der Waals surface area contributed by atoms with E-state index in [1.807, 2.05) is 13.0 Å². The molecule has 1 heteroatoms. The van der Waals surface area contributed by atoms with Crippen LogP contribution < -0.4 is 0 Å². The molecule has 0 aliphatic heterocycles. The fourth-order valence-electron chi connectivity index (χ4n) is 0.551. The van der Waals surface area contributed by atoms with Gasteiger partial charge in [-0.3, -0.25) is 0 Å². The second kappa shape index (κ2) is 5.83. The largest absolute Gasteiger partial charge is 0.236 e. The minimum absolute atomic E-state index is 0.0141. The van der Waals surface area contributed by atoms with Gasteiger partial charge in [-0.25, -0.2) is 5.11 Å².